The van der Waals surface area contributed by atoms with E-state index < -0.39 is 0 Å². The van der Waals surface area contributed by atoms with Crippen molar-refractivity contribution in [3.63, 3.8) is 0 Å². The average molecular weight is 262 g/mol. The summed E-state index contributed by atoms with van der Waals surface area (Å²) in [4.78, 5) is 12.4. The molecule has 3 rings (SSSR count). The van der Waals surface area contributed by atoms with E-state index in [2.05, 4.69) is 22.7 Å². The van der Waals surface area contributed by atoms with Gasteiger partial charge in [-0.3, -0.25) is 9.48 Å². The highest BCUT2D eigenvalue weighted by atomic mass is 16.2. The lowest BCUT2D eigenvalue weighted by Gasteiger charge is -2.17. The number of fused-ring (bicyclic) bond motifs is 1. The lowest BCUT2D eigenvalue weighted by atomic mass is 9.93. The number of carbonyl (C=O) groups excluding carboxylic acids is 1. The Labute approximate surface area is 113 Å². The minimum Gasteiger partial charge on any atom is -0.322 e. The topological polar surface area (TPSA) is 59.0 Å². The van der Waals surface area contributed by atoms with Crippen LogP contribution in [0.5, 0.6) is 0 Å². The van der Waals surface area contributed by atoms with Crippen molar-refractivity contribution >= 4 is 11.6 Å². The number of amides is 1. The maximum atomic E-state index is 12.4. The number of nitrogens with zero attached hydrogens (tertiary/aromatic N) is 2. The van der Waals surface area contributed by atoms with Gasteiger partial charge in [0.1, 0.15) is 0 Å². The van der Waals surface area contributed by atoms with Gasteiger partial charge in [-0.15, -0.1) is 0 Å². The van der Waals surface area contributed by atoms with Crippen LogP contribution in [0.2, 0.25) is 0 Å². The van der Waals surface area contributed by atoms with Crippen LogP contribution in [0.3, 0.4) is 0 Å². The standard InChI is InChI=1S/C14H22N4O/c1-3-11-12(8-18(2)17-11)16-14(19)13-10-6-4-5-9(10)7-15-13/h8-10,13,15H,3-7H2,1-2H3,(H,16,19). The van der Waals surface area contributed by atoms with E-state index >= 15 is 0 Å². The summed E-state index contributed by atoms with van der Waals surface area (Å²) in [5, 5.41) is 10.8. The van der Waals surface area contributed by atoms with E-state index in [9.17, 15) is 4.79 Å². The quantitative estimate of drug-likeness (QED) is 0.863. The molecule has 2 N–H and O–H groups in total. The van der Waals surface area contributed by atoms with Crippen LogP contribution in [0.15, 0.2) is 6.20 Å². The normalized spacial score (nSPS) is 29.5. The highest BCUT2D eigenvalue weighted by Crippen LogP contribution is 2.38. The van der Waals surface area contributed by atoms with Gasteiger partial charge in [0, 0.05) is 13.2 Å². The highest BCUT2D eigenvalue weighted by molar-refractivity contribution is 5.95. The molecule has 0 spiro atoms. The van der Waals surface area contributed by atoms with Crippen LogP contribution in [0.4, 0.5) is 5.69 Å². The van der Waals surface area contributed by atoms with Crippen molar-refractivity contribution in [2.75, 3.05) is 11.9 Å². The fourth-order valence-electron chi connectivity index (χ4n) is 3.59. The molecule has 1 aromatic rings. The Hall–Kier alpha value is -1.36. The molecule has 2 heterocycles. The summed E-state index contributed by atoms with van der Waals surface area (Å²) in [5.41, 5.74) is 1.81. The Morgan fingerprint density at radius 2 is 2.42 bits per heavy atom. The summed E-state index contributed by atoms with van der Waals surface area (Å²) < 4.78 is 1.76. The van der Waals surface area contributed by atoms with Crippen LogP contribution in [0, 0.1) is 11.8 Å². The van der Waals surface area contributed by atoms with Crippen LogP contribution in [-0.2, 0) is 18.3 Å². The van der Waals surface area contributed by atoms with Gasteiger partial charge in [0.25, 0.3) is 0 Å². The molecule has 3 unspecified atom stereocenters. The fourth-order valence-corrected chi connectivity index (χ4v) is 3.59. The van der Waals surface area contributed by atoms with Crippen molar-refractivity contribution in [3.8, 4) is 0 Å². The third kappa shape index (κ3) is 2.27. The van der Waals surface area contributed by atoms with Crippen molar-refractivity contribution in [2.24, 2.45) is 18.9 Å². The van der Waals surface area contributed by atoms with Gasteiger partial charge < -0.3 is 10.6 Å². The fraction of sp³-hybridized carbons (Fsp3) is 0.714. The largest absolute Gasteiger partial charge is 0.322 e. The van der Waals surface area contributed by atoms with Crippen LogP contribution in [0.1, 0.15) is 31.9 Å². The molecule has 1 aliphatic carbocycles. The second kappa shape index (κ2) is 4.96. The van der Waals surface area contributed by atoms with E-state index in [-0.39, 0.29) is 11.9 Å². The second-order valence-electron chi connectivity index (χ2n) is 5.75. The lowest BCUT2D eigenvalue weighted by molar-refractivity contribution is -0.118. The van der Waals surface area contributed by atoms with Gasteiger partial charge in [0.15, 0.2) is 0 Å². The van der Waals surface area contributed by atoms with Gasteiger partial charge in [-0.05, 0) is 37.6 Å². The summed E-state index contributed by atoms with van der Waals surface area (Å²) in [6.45, 7) is 3.05. The summed E-state index contributed by atoms with van der Waals surface area (Å²) >= 11 is 0. The first-order chi connectivity index (χ1) is 9.19. The first-order valence-corrected chi connectivity index (χ1v) is 7.25. The second-order valence-corrected chi connectivity index (χ2v) is 5.75. The molecule has 1 amide bonds. The first-order valence-electron chi connectivity index (χ1n) is 7.25. The third-order valence-electron chi connectivity index (χ3n) is 4.53. The summed E-state index contributed by atoms with van der Waals surface area (Å²) in [5.74, 6) is 1.34. The molecular formula is C14H22N4O. The van der Waals surface area contributed by atoms with E-state index in [0.29, 0.717) is 11.8 Å². The summed E-state index contributed by atoms with van der Waals surface area (Å²) in [6, 6.07) is -0.0163. The van der Waals surface area contributed by atoms with Gasteiger partial charge in [0.2, 0.25) is 5.91 Å². The smallest absolute Gasteiger partial charge is 0.241 e. The number of anilines is 1. The SMILES string of the molecule is CCc1nn(C)cc1NC(=O)C1NCC2CCCC21. The molecule has 0 radical (unpaired) electrons. The maximum absolute atomic E-state index is 12.4. The summed E-state index contributed by atoms with van der Waals surface area (Å²) in [6.07, 6.45) is 6.45. The molecule has 3 atom stereocenters. The highest BCUT2D eigenvalue weighted by Gasteiger charge is 2.42. The predicted molar refractivity (Wildman–Crippen MR) is 73.8 cm³/mol. The Morgan fingerprint density at radius 3 is 3.21 bits per heavy atom. The Balaban J connectivity index is 1.71. The minimum atomic E-state index is -0.0163. The van der Waals surface area contributed by atoms with Crippen LogP contribution in [0.25, 0.3) is 0 Å². The number of aryl methyl sites for hydroxylation is 2. The maximum Gasteiger partial charge on any atom is 0.241 e. The van der Waals surface area contributed by atoms with Crippen molar-refractivity contribution in [1.29, 1.82) is 0 Å². The van der Waals surface area contributed by atoms with Crippen molar-refractivity contribution in [2.45, 2.75) is 38.6 Å². The van der Waals surface area contributed by atoms with E-state index in [4.69, 9.17) is 0 Å². The van der Waals surface area contributed by atoms with Gasteiger partial charge in [-0.25, -0.2) is 0 Å². The number of hydrogen-bond acceptors (Lipinski definition) is 3. The molecule has 2 aliphatic rings. The molecule has 5 heteroatoms. The van der Waals surface area contributed by atoms with Crippen LogP contribution < -0.4 is 10.6 Å². The predicted octanol–water partition coefficient (Wildman–Crippen LogP) is 1.31. The molecule has 1 saturated carbocycles. The molecular weight excluding hydrogens is 240 g/mol. The van der Waals surface area contributed by atoms with Crippen molar-refractivity contribution in [3.05, 3.63) is 11.9 Å². The van der Waals surface area contributed by atoms with Gasteiger partial charge in [0.05, 0.1) is 17.4 Å². The lowest BCUT2D eigenvalue weighted by Crippen LogP contribution is -2.39. The molecule has 2 fully saturated rings. The van der Waals surface area contributed by atoms with Gasteiger partial charge in [-0.2, -0.15) is 5.10 Å². The van der Waals surface area contributed by atoms with E-state index in [1.165, 1.54) is 19.3 Å². The molecule has 0 aromatic carbocycles. The van der Waals surface area contributed by atoms with Crippen molar-refractivity contribution in [1.82, 2.24) is 15.1 Å². The molecule has 19 heavy (non-hydrogen) atoms. The number of aromatic nitrogens is 2. The average Bonchev–Trinajstić information content (AvgIpc) is 3.03. The van der Waals surface area contributed by atoms with Crippen LogP contribution >= 0.6 is 0 Å². The first kappa shape index (κ1) is 12.7. The van der Waals surface area contributed by atoms with E-state index in [0.717, 1.165) is 24.3 Å². The number of nitrogens with one attached hydrogen (secondary N) is 2. The Morgan fingerprint density at radius 1 is 1.58 bits per heavy atom. The molecule has 104 valence electrons. The monoisotopic (exact) mass is 262 g/mol. The Kier molecular flexibility index (Phi) is 3.31. The zero-order valence-corrected chi connectivity index (χ0v) is 11.6. The third-order valence-corrected chi connectivity index (χ3v) is 4.53. The molecule has 1 aromatic heterocycles. The zero-order chi connectivity index (χ0) is 13.4. The molecule has 0 bridgehead atoms. The minimum absolute atomic E-state index is 0.0163. The zero-order valence-electron chi connectivity index (χ0n) is 11.6. The molecule has 1 saturated heterocycles. The molecule has 1 aliphatic heterocycles. The van der Waals surface area contributed by atoms with E-state index in [1.807, 2.05) is 13.2 Å². The Bertz CT molecular complexity index is 482. The van der Waals surface area contributed by atoms with Crippen LogP contribution in [-0.4, -0.2) is 28.3 Å². The van der Waals surface area contributed by atoms with Gasteiger partial charge in [-0.1, -0.05) is 13.3 Å². The number of carbonyl (C=O) groups is 1. The van der Waals surface area contributed by atoms with E-state index in [1.54, 1.807) is 4.68 Å². The van der Waals surface area contributed by atoms with Gasteiger partial charge >= 0.3 is 0 Å². The molecule has 5 nitrogen and oxygen atoms in total. The summed E-state index contributed by atoms with van der Waals surface area (Å²) in [7, 11) is 1.88. The number of hydrogen-bond donors (Lipinski definition) is 2. The number of rotatable bonds is 3. The van der Waals surface area contributed by atoms with Crippen molar-refractivity contribution < 1.29 is 4.79 Å².